The van der Waals surface area contributed by atoms with Crippen LogP contribution in [0.4, 0.5) is 0 Å². The lowest BCUT2D eigenvalue weighted by Crippen LogP contribution is -2.60. The Balaban J connectivity index is 1.27. The molecule has 0 aromatic heterocycles. The number of nitrogens with one attached hydrogen (secondary N) is 2. The fourth-order valence-corrected chi connectivity index (χ4v) is 7.38. The van der Waals surface area contributed by atoms with E-state index in [1.165, 1.54) is 32.1 Å². The molecule has 4 N–H and O–H groups in total. The first-order valence-electron chi connectivity index (χ1n) is 13.2. The summed E-state index contributed by atoms with van der Waals surface area (Å²) in [5.74, 6) is 2.97. The maximum Gasteiger partial charge on any atom is 0.246 e. The highest BCUT2D eigenvalue weighted by atomic mass is 16.5. The normalized spacial score (nSPS) is 31.8. The molecule has 1 saturated heterocycles. The molecule has 1 aliphatic heterocycles. The van der Waals surface area contributed by atoms with Crippen molar-refractivity contribution in [2.45, 2.75) is 69.5 Å². The predicted molar refractivity (Wildman–Crippen MR) is 131 cm³/mol. The molecule has 190 valence electrons. The molecular weight excluding hydrogens is 444 g/mol. The second-order valence-electron chi connectivity index (χ2n) is 11.0. The second kappa shape index (κ2) is 10.2. The fourth-order valence-electron chi connectivity index (χ4n) is 7.38. The van der Waals surface area contributed by atoms with Gasteiger partial charge in [0.1, 0.15) is 17.8 Å². The van der Waals surface area contributed by atoms with E-state index >= 15 is 0 Å². The number of nitrogens with zero attached hydrogens (tertiary/aromatic N) is 1. The summed E-state index contributed by atoms with van der Waals surface area (Å²) in [6, 6.07) is 6.43. The molecule has 8 heteroatoms. The molecule has 4 bridgehead atoms. The Morgan fingerprint density at radius 3 is 2.31 bits per heavy atom. The number of hydrogen-bond acceptors (Lipinski definition) is 5. The average molecular weight is 483 g/mol. The maximum atomic E-state index is 13.6. The lowest BCUT2D eigenvalue weighted by atomic mass is 9.54. The van der Waals surface area contributed by atoms with Crippen molar-refractivity contribution in [3.63, 3.8) is 0 Å². The zero-order chi connectivity index (χ0) is 24.5. The topological polar surface area (TPSA) is 114 Å². The smallest absolute Gasteiger partial charge is 0.246 e. The van der Waals surface area contributed by atoms with E-state index in [1.54, 1.807) is 12.0 Å². The van der Waals surface area contributed by atoms with Gasteiger partial charge in [0, 0.05) is 19.0 Å². The van der Waals surface area contributed by atoms with Gasteiger partial charge in [0.25, 0.3) is 0 Å². The van der Waals surface area contributed by atoms with Gasteiger partial charge in [-0.3, -0.25) is 14.4 Å². The molecule has 1 heterocycles. The lowest BCUT2D eigenvalue weighted by molar-refractivity contribution is -0.142. The van der Waals surface area contributed by atoms with Crippen molar-refractivity contribution in [2.75, 3.05) is 20.2 Å². The van der Waals surface area contributed by atoms with Gasteiger partial charge in [0.2, 0.25) is 17.7 Å². The summed E-state index contributed by atoms with van der Waals surface area (Å²) in [5.41, 5.74) is 6.42. The molecule has 6 rings (SSSR count). The van der Waals surface area contributed by atoms with Gasteiger partial charge in [-0.15, -0.1) is 0 Å². The Hall–Kier alpha value is -2.61. The van der Waals surface area contributed by atoms with E-state index < -0.39 is 12.1 Å². The predicted octanol–water partition coefficient (Wildman–Crippen LogP) is 1.61. The Bertz CT molecular complexity index is 921. The number of carbonyl (C=O) groups is 3. The fraction of sp³-hybridized carbons (Fsp3) is 0.667. The number of methoxy groups -OCH3 is 1. The van der Waals surface area contributed by atoms with E-state index in [2.05, 4.69) is 10.6 Å². The van der Waals surface area contributed by atoms with Crippen LogP contribution in [0, 0.1) is 23.7 Å². The molecule has 8 nitrogen and oxygen atoms in total. The van der Waals surface area contributed by atoms with Crippen molar-refractivity contribution in [3.05, 3.63) is 29.8 Å². The number of ether oxygens (including phenoxy) is 1. The third-order valence-electron chi connectivity index (χ3n) is 8.79. The van der Waals surface area contributed by atoms with E-state index in [9.17, 15) is 14.4 Å². The van der Waals surface area contributed by atoms with Gasteiger partial charge in [-0.2, -0.15) is 0 Å². The zero-order valence-corrected chi connectivity index (χ0v) is 20.6. The van der Waals surface area contributed by atoms with E-state index in [0.29, 0.717) is 31.2 Å². The van der Waals surface area contributed by atoms with Gasteiger partial charge in [-0.05, 0) is 86.3 Å². The molecule has 2 atom stereocenters. The van der Waals surface area contributed by atoms with E-state index in [-0.39, 0.29) is 30.3 Å². The van der Waals surface area contributed by atoms with E-state index in [4.69, 9.17) is 10.5 Å². The van der Waals surface area contributed by atoms with Crippen molar-refractivity contribution in [2.24, 2.45) is 29.4 Å². The minimum atomic E-state index is -0.769. The monoisotopic (exact) mass is 482 g/mol. The summed E-state index contributed by atoms with van der Waals surface area (Å²) >= 11 is 0. The van der Waals surface area contributed by atoms with Crippen molar-refractivity contribution >= 4 is 17.7 Å². The maximum absolute atomic E-state index is 13.6. The standard InChI is InChI=1S/C27H38N4O4/c1-35-21-6-4-16(5-7-21)14-22(29-24(32)15-28)27(34)31-8-2-3-23(31)26(33)30-25-19-10-17-9-18(12-19)13-20(25)11-17/h4-7,17-20,22-23,25H,2-3,8-15,28H2,1H3,(H,29,32)(H,30,33)/t17?,18?,19?,20?,22?,23-,25?/m1/s1. The van der Waals surface area contributed by atoms with Crippen molar-refractivity contribution in [1.29, 1.82) is 0 Å². The van der Waals surface area contributed by atoms with Gasteiger partial charge in [-0.25, -0.2) is 0 Å². The Labute approximate surface area is 207 Å². The molecule has 3 amide bonds. The minimum Gasteiger partial charge on any atom is -0.497 e. The van der Waals surface area contributed by atoms with Crippen LogP contribution in [0.2, 0.25) is 0 Å². The van der Waals surface area contributed by atoms with Crippen LogP contribution in [0.1, 0.15) is 50.5 Å². The first kappa shape index (κ1) is 24.1. The largest absolute Gasteiger partial charge is 0.497 e. The number of hydrogen-bond donors (Lipinski definition) is 3. The molecule has 5 fully saturated rings. The number of benzene rings is 1. The Kier molecular flexibility index (Phi) is 7.00. The lowest BCUT2D eigenvalue weighted by Gasteiger charge is -2.54. The summed E-state index contributed by atoms with van der Waals surface area (Å²) in [4.78, 5) is 40.9. The summed E-state index contributed by atoms with van der Waals surface area (Å²) < 4.78 is 5.22. The van der Waals surface area contributed by atoms with Crippen molar-refractivity contribution in [1.82, 2.24) is 15.5 Å². The van der Waals surface area contributed by atoms with Crippen LogP contribution in [0.25, 0.3) is 0 Å². The summed E-state index contributed by atoms with van der Waals surface area (Å²) in [7, 11) is 1.60. The van der Waals surface area contributed by atoms with Crippen LogP contribution >= 0.6 is 0 Å². The van der Waals surface area contributed by atoms with Gasteiger partial charge >= 0.3 is 0 Å². The molecule has 35 heavy (non-hydrogen) atoms. The van der Waals surface area contributed by atoms with E-state index in [1.807, 2.05) is 24.3 Å². The highest BCUT2D eigenvalue weighted by Crippen LogP contribution is 2.53. The highest BCUT2D eigenvalue weighted by molar-refractivity contribution is 5.93. The second-order valence-corrected chi connectivity index (χ2v) is 11.0. The molecule has 1 aromatic rings. The third kappa shape index (κ3) is 5.03. The number of amides is 3. The van der Waals surface area contributed by atoms with Gasteiger partial charge in [0.05, 0.1) is 13.7 Å². The molecule has 0 spiro atoms. The minimum absolute atomic E-state index is 0.0262. The molecule has 4 aliphatic carbocycles. The quantitative estimate of drug-likeness (QED) is 0.521. The number of carbonyl (C=O) groups excluding carboxylic acids is 3. The van der Waals surface area contributed by atoms with Crippen LogP contribution in [-0.4, -0.2) is 60.9 Å². The van der Waals surface area contributed by atoms with Crippen molar-refractivity contribution < 1.29 is 19.1 Å². The number of likely N-dealkylation sites (tertiary alicyclic amines) is 1. The first-order valence-corrected chi connectivity index (χ1v) is 13.2. The van der Waals surface area contributed by atoms with Gasteiger partial charge in [0.15, 0.2) is 0 Å². The molecule has 5 aliphatic rings. The molecule has 0 radical (unpaired) electrons. The van der Waals surface area contributed by atoms with Crippen LogP contribution in [0.15, 0.2) is 24.3 Å². The first-order chi connectivity index (χ1) is 16.9. The van der Waals surface area contributed by atoms with E-state index in [0.717, 1.165) is 29.6 Å². The van der Waals surface area contributed by atoms with Gasteiger partial charge in [-0.1, -0.05) is 12.1 Å². The van der Waals surface area contributed by atoms with Crippen LogP contribution in [0.3, 0.4) is 0 Å². The molecule has 4 saturated carbocycles. The highest BCUT2D eigenvalue weighted by Gasteiger charge is 2.49. The zero-order valence-electron chi connectivity index (χ0n) is 20.6. The molecule has 1 aromatic carbocycles. The molecular formula is C27H38N4O4. The van der Waals surface area contributed by atoms with Gasteiger partial charge < -0.3 is 26.0 Å². The molecule has 1 unspecified atom stereocenters. The Morgan fingerprint density at radius 2 is 1.71 bits per heavy atom. The Morgan fingerprint density at radius 1 is 1.06 bits per heavy atom. The number of rotatable bonds is 8. The van der Waals surface area contributed by atoms with Crippen LogP contribution in [0.5, 0.6) is 5.75 Å². The summed E-state index contributed by atoms with van der Waals surface area (Å²) in [6.07, 6.45) is 8.09. The van der Waals surface area contributed by atoms with Crippen molar-refractivity contribution in [3.8, 4) is 5.75 Å². The van der Waals surface area contributed by atoms with Crippen LogP contribution in [-0.2, 0) is 20.8 Å². The number of nitrogens with two attached hydrogens (primary N) is 1. The summed E-state index contributed by atoms with van der Waals surface area (Å²) in [5, 5.41) is 6.17. The third-order valence-corrected chi connectivity index (χ3v) is 8.79. The van der Waals surface area contributed by atoms with Crippen LogP contribution < -0.4 is 21.1 Å². The average Bonchev–Trinajstić information content (AvgIpc) is 3.35. The summed E-state index contributed by atoms with van der Waals surface area (Å²) in [6.45, 7) is 0.332. The SMILES string of the molecule is COc1ccc(CC(NC(=O)CN)C(=O)N2CCC[C@@H]2C(=O)NC2C3CC4CC(C3)CC2C4)cc1.